The maximum Gasteiger partial charge on any atom is 0.335 e. The molecule has 1 aromatic carbocycles. The van der Waals surface area contributed by atoms with E-state index < -0.39 is 5.97 Å². The van der Waals surface area contributed by atoms with Crippen molar-refractivity contribution in [2.24, 2.45) is 0 Å². The summed E-state index contributed by atoms with van der Waals surface area (Å²) in [5.41, 5.74) is 1.50. The molecular weight excluding hydrogens is 274 g/mol. The molecule has 2 aromatic heterocycles. The summed E-state index contributed by atoms with van der Waals surface area (Å²) < 4.78 is 6.77. The molecule has 0 bridgehead atoms. The number of carboxylic acid groups (broad SMARTS) is 1. The van der Waals surface area contributed by atoms with Crippen molar-refractivity contribution in [1.82, 2.24) is 15.0 Å². The maximum atomic E-state index is 11.1. The number of aliphatic hydroxyl groups is 1. The van der Waals surface area contributed by atoms with E-state index in [0.717, 1.165) is 0 Å². The van der Waals surface area contributed by atoms with Crippen LogP contribution >= 0.6 is 0 Å². The molecule has 2 N–H and O–H groups in total. The lowest BCUT2D eigenvalue weighted by Gasteiger charge is -2.06. The van der Waals surface area contributed by atoms with Gasteiger partial charge in [-0.25, -0.2) is 9.48 Å². The fraction of sp³-hybridized carbons (Fsp3) is 0.0714. The highest BCUT2D eigenvalue weighted by molar-refractivity contribution is 5.88. The first-order valence-electron chi connectivity index (χ1n) is 6.13. The molecule has 0 atom stereocenters. The Morgan fingerprint density at radius 1 is 1.29 bits per heavy atom. The minimum Gasteiger partial charge on any atom is -0.478 e. The van der Waals surface area contributed by atoms with Crippen LogP contribution in [0.4, 0.5) is 0 Å². The van der Waals surface area contributed by atoms with E-state index in [4.69, 9.17) is 9.52 Å². The molecular formula is C14H11N3O4. The van der Waals surface area contributed by atoms with E-state index in [9.17, 15) is 9.90 Å². The Balaban J connectivity index is 2.17. The van der Waals surface area contributed by atoms with Gasteiger partial charge in [0.2, 0.25) is 0 Å². The van der Waals surface area contributed by atoms with Crippen LogP contribution in [0.5, 0.6) is 0 Å². The SMILES string of the molecule is O=C(O)c1cccc(-n2nnc(CO)c2-c2ccco2)c1. The van der Waals surface area contributed by atoms with E-state index >= 15 is 0 Å². The predicted octanol–water partition coefficient (Wildman–Crippen LogP) is 1.72. The molecule has 0 amide bonds. The van der Waals surface area contributed by atoms with Crippen molar-refractivity contribution >= 4 is 5.97 Å². The summed E-state index contributed by atoms with van der Waals surface area (Å²) in [6.45, 7) is -0.297. The Morgan fingerprint density at radius 3 is 2.81 bits per heavy atom. The zero-order valence-electron chi connectivity index (χ0n) is 10.8. The number of nitrogens with zero attached hydrogens (tertiary/aromatic N) is 3. The summed E-state index contributed by atoms with van der Waals surface area (Å²) in [7, 11) is 0. The summed E-state index contributed by atoms with van der Waals surface area (Å²) in [5.74, 6) is -0.538. The second kappa shape index (κ2) is 5.22. The highest BCUT2D eigenvalue weighted by Gasteiger charge is 2.18. The van der Waals surface area contributed by atoms with Crippen LogP contribution in [0.25, 0.3) is 17.1 Å². The van der Waals surface area contributed by atoms with Crippen LogP contribution in [-0.2, 0) is 6.61 Å². The zero-order chi connectivity index (χ0) is 14.8. The van der Waals surface area contributed by atoms with Crippen molar-refractivity contribution in [3.63, 3.8) is 0 Å². The van der Waals surface area contributed by atoms with Gasteiger partial charge in [-0.15, -0.1) is 5.10 Å². The van der Waals surface area contributed by atoms with Crippen molar-refractivity contribution in [1.29, 1.82) is 0 Å². The van der Waals surface area contributed by atoms with Crippen molar-refractivity contribution < 1.29 is 19.4 Å². The molecule has 0 aliphatic rings. The van der Waals surface area contributed by atoms with Crippen molar-refractivity contribution in [3.8, 4) is 17.1 Å². The third-order valence-electron chi connectivity index (χ3n) is 2.98. The lowest BCUT2D eigenvalue weighted by Crippen LogP contribution is -2.03. The number of aromatic nitrogens is 3. The Labute approximate surface area is 119 Å². The number of benzene rings is 1. The number of aliphatic hydroxyl groups excluding tert-OH is 1. The Bertz CT molecular complexity index is 777. The molecule has 0 radical (unpaired) electrons. The van der Waals surface area contributed by atoms with Crippen molar-refractivity contribution in [2.75, 3.05) is 0 Å². The first kappa shape index (κ1) is 13.1. The average Bonchev–Trinajstić information content (AvgIpc) is 3.15. The fourth-order valence-electron chi connectivity index (χ4n) is 2.03. The summed E-state index contributed by atoms with van der Waals surface area (Å²) >= 11 is 0. The second-order valence-corrected chi connectivity index (χ2v) is 4.29. The van der Waals surface area contributed by atoms with E-state index in [1.165, 1.54) is 23.1 Å². The van der Waals surface area contributed by atoms with Gasteiger partial charge in [0.05, 0.1) is 24.1 Å². The van der Waals surface area contributed by atoms with Gasteiger partial charge in [0.25, 0.3) is 0 Å². The number of furan rings is 1. The molecule has 106 valence electrons. The zero-order valence-corrected chi connectivity index (χ0v) is 10.8. The van der Waals surface area contributed by atoms with E-state index in [1.54, 1.807) is 24.3 Å². The van der Waals surface area contributed by atoms with Gasteiger partial charge < -0.3 is 14.6 Å². The molecule has 2 heterocycles. The van der Waals surface area contributed by atoms with Gasteiger partial charge in [-0.05, 0) is 30.3 Å². The topological polar surface area (TPSA) is 101 Å². The first-order chi connectivity index (χ1) is 10.2. The van der Waals surface area contributed by atoms with Crippen molar-refractivity contribution in [2.45, 2.75) is 6.61 Å². The summed E-state index contributed by atoms with van der Waals surface area (Å²) in [5, 5.41) is 26.3. The van der Waals surface area contributed by atoms with Gasteiger partial charge in [-0.1, -0.05) is 11.3 Å². The minimum absolute atomic E-state index is 0.138. The predicted molar refractivity (Wildman–Crippen MR) is 71.9 cm³/mol. The average molecular weight is 285 g/mol. The quantitative estimate of drug-likeness (QED) is 0.756. The molecule has 0 unspecified atom stereocenters. The normalized spacial score (nSPS) is 10.7. The second-order valence-electron chi connectivity index (χ2n) is 4.29. The Kier molecular flexibility index (Phi) is 3.25. The molecule has 21 heavy (non-hydrogen) atoms. The Hall–Kier alpha value is -2.93. The van der Waals surface area contributed by atoms with Gasteiger partial charge >= 0.3 is 5.97 Å². The number of rotatable bonds is 4. The number of hydrogen-bond acceptors (Lipinski definition) is 5. The molecule has 0 saturated carbocycles. The van der Waals surface area contributed by atoms with Crippen LogP contribution in [0.15, 0.2) is 47.1 Å². The monoisotopic (exact) mass is 285 g/mol. The summed E-state index contributed by atoms with van der Waals surface area (Å²) in [6, 6.07) is 9.71. The first-order valence-corrected chi connectivity index (χ1v) is 6.13. The van der Waals surface area contributed by atoms with Crippen LogP contribution < -0.4 is 0 Å². The largest absolute Gasteiger partial charge is 0.478 e. The van der Waals surface area contributed by atoms with Gasteiger partial charge in [-0.3, -0.25) is 0 Å². The molecule has 0 saturated heterocycles. The number of carboxylic acids is 1. The number of aromatic carboxylic acids is 1. The van der Waals surface area contributed by atoms with E-state index in [0.29, 0.717) is 22.8 Å². The maximum absolute atomic E-state index is 11.1. The molecule has 0 aliphatic carbocycles. The molecule has 0 fully saturated rings. The van der Waals surface area contributed by atoms with Gasteiger partial charge in [0.15, 0.2) is 5.76 Å². The summed E-state index contributed by atoms with van der Waals surface area (Å²) in [4.78, 5) is 11.1. The van der Waals surface area contributed by atoms with Crippen LogP contribution in [0.2, 0.25) is 0 Å². The molecule has 0 aliphatic heterocycles. The van der Waals surface area contributed by atoms with Gasteiger partial charge in [0, 0.05) is 0 Å². The third kappa shape index (κ3) is 2.30. The standard InChI is InChI=1S/C14H11N3O4/c18-8-11-13(12-5-2-6-21-12)17(16-15-11)10-4-1-3-9(7-10)14(19)20/h1-7,18H,8H2,(H,19,20). The lowest BCUT2D eigenvalue weighted by molar-refractivity contribution is 0.0697. The number of hydrogen-bond donors (Lipinski definition) is 2. The van der Waals surface area contributed by atoms with E-state index in [2.05, 4.69) is 10.3 Å². The molecule has 7 heteroatoms. The van der Waals surface area contributed by atoms with Crippen LogP contribution in [0, 0.1) is 0 Å². The van der Waals surface area contributed by atoms with E-state index in [-0.39, 0.29) is 12.2 Å². The highest BCUT2D eigenvalue weighted by atomic mass is 16.4. The van der Waals surface area contributed by atoms with Gasteiger partial charge in [0.1, 0.15) is 11.4 Å². The molecule has 3 aromatic rings. The smallest absolute Gasteiger partial charge is 0.335 e. The lowest BCUT2D eigenvalue weighted by atomic mass is 10.2. The Morgan fingerprint density at radius 2 is 2.14 bits per heavy atom. The van der Waals surface area contributed by atoms with E-state index in [1.807, 2.05) is 0 Å². The van der Waals surface area contributed by atoms with Crippen LogP contribution in [-0.4, -0.2) is 31.2 Å². The summed E-state index contributed by atoms with van der Waals surface area (Å²) in [6.07, 6.45) is 1.50. The van der Waals surface area contributed by atoms with Crippen LogP contribution in [0.3, 0.4) is 0 Å². The third-order valence-corrected chi connectivity index (χ3v) is 2.98. The number of carbonyl (C=O) groups is 1. The highest BCUT2D eigenvalue weighted by Crippen LogP contribution is 2.26. The minimum atomic E-state index is -1.03. The fourth-order valence-corrected chi connectivity index (χ4v) is 2.03. The van der Waals surface area contributed by atoms with Crippen molar-refractivity contribution in [3.05, 3.63) is 53.9 Å². The van der Waals surface area contributed by atoms with Crippen LogP contribution in [0.1, 0.15) is 16.1 Å². The van der Waals surface area contributed by atoms with Gasteiger partial charge in [-0.2, -0.15) is 0 Å². The molecule has 7 nitrogen and oxygen atoms in total. The molecule has 0 spiro atoms. The molecule has 3 rings (SSSR count).